The molecule has 3 N–H and O–H groups in total. The first-order valence-electron chi connectivity index (χ1n) is 9.91. The van der Waals surface area contributed by atoms with Crippen molar-refractivity contribution in [2.75, 3.05) is 17.2 Å². The van der Waals surface area contributed by atoms with E-state index in [4.69, 9.17) is 0 Å². The Bertz CT molecular complexity index is 1130. The van der Waals surface area contributed by atoms with Crippen LogP contribution in [0.15, 0.2) is 66.0 Å². The van der Waals surface area contributed by atoms with Crippen LogP contribution >= 0.6 is 11.3 Å². The third-order valence-electron chi connectivity index (χ3n) is 4.55. The van der Waals surface area contributed by atoms with Crippen LogP contribution in [0.5, 0.6) is 0 Å². The molecule has 0 saturated heterocycles. The summed E-state index contributed by atoms with van der Waals surface area (Å²) >= 11 is 1.63. The van der Waals surface area contributed by atoms with Crippen molar-refractivity contribution in [1.82, 2.24) is 15.3 Å². The van der Waals surface area contributed by atoms with Crippen molar-refractivity contribution in [2.24, 2.45) is 0 Å². The van der Waals surface area contributed by atoms with Gasteiger partial charge in [-0.1, -0.05) is 37.3 Å². The van der Waals surface area contributed by atoms with Crippen LogP contribution in [0.4, 0.5) is 17.5 Å². The zero-order valence-electron chi connectivity index (χ0n) is 16.7. The van der Waals surface area contributed by atoms with Crippen LogP contribution in [0.3, 0.4) is 0 Å². The highest BCUT2D eigenvalue weighted by Gasteiger charge is 2.10. The van der Waals surface area contributed by atoms with E-state index >= 15 is 0 Å². The third-order valence-corrected chi connectivity index (χ3v) is 5.46. The van der Waals surface area contributed by atoms with Crippen molar-refractivity contribution in [3.8, 4) is 0 Å². The number of fused-ring (bicyclic) bond motifs is 1. The highest BCUT2D eigenvalue weighted by Crippen LogP contribution is 2.28. The number of nitrogens with one attached hydrogen (secondary N) is 3. The molecule has 0 fully saturated rings. The fourth-order valence-corrected chi connectivity index (χ4v) is 3.79. The molecule has 2 aromatic carbocycles. The van der Waals surface area contributed by atoms with Gasteiger partial charge in [0.25, 0.3) is 5.91 Å². The summed E-state index contributed by atoms with van der Waals surface area (Å²) in [4.78, 5) is 21.6. The van der Waals surface area contributed by atoms with Crippen LogP contribution in [-0.4, -0.2) is 22.4 Å². The molecule has 0 unspecified atom stereocenters. The van der Waals surface area contributed by atoms with Crippen molar-refractivity contribution >= 4 is 44.9 Å². The van der Waals surface area contributed by atoms with E-state index in [1.165, 1.54) is 0 Å². The number of aromatic nitrogens is 2. The first-order chi connectivity index (χ1) is 14.7. The van der Waals surface area contributed by atoms with Crippen molar-refractivity contribution in [3.05, 3.63) is 77.2 Å². The predicted octanol–water partition coefficient (Wildman–Crippen LogP) is 5.19. The van der Waals surface area contributed by atoms with E-state index in [0.717, 1.165) is 40.3 Å². The van der Waals surface area contributed by atoms with Crippen molar-refractivity contribution in [3.63, 3.8) is 0 Å². The van der Waals surface area contributed by atoms with Gasteiger partial charge < -0.3 is 16.0 Å². The Balaban J connectivity index is 1.43. The van der Waals surface area contributed by atoms with Gasteiger partial charge in [0.2, 0.25) is 5.95 Å². The normalized spacial score (nSPS) is 10.7. The fourth-order valence-electron chi connectivity index (χ4n) is 3.00. The van der Waals surface area contributed by atoms with Gasteiger partial charge in [-0.2, -0.15) is 4.98 Å². The lowest BCUT2D eigenvalue weighted by atomic mass is 10.2. The monoisotopic (exact) mass is 417 g/mol. The molecule has 30 heavy (non-hydrogen) atoms. The topological polar surface area (TPSA) is 78.9 Å². The molecule has 0 aliphatic rings. The van der Waals surface area contributed by atoms with Crippen molar-refractivity contribution < 1.29 is 4.79 Å². The molecule has 2 aromatic heterocycles. The second kappa shape index (κ2) is 9.37. The summed E-state index contributed by atoms with van der Waals surface area (Å²) in [5.41, 5.74) is 3.41. The third kappa shape index (κ3) is 4.75. The zero-order valence-corrected chi connectivity index (χ0v) is 17.5. The maximum atomic E-state index is 12.4. The number of carbonyl (C=O) groups excluding carboxylic acids is 1. The number of carbonyl (C=O) groups is 1. The van der Waals surface area contributed by atoms with Crippen LogP contribution in [0.2, 0.25) is 0 Å². The Kier molecular flexibility index (Phi) is 6.20. The fraction of sp³-hybridized carbons (Fsp3) is 0.174. The van der Waals surface area contributed by atoms with Crippen molar-refractivity contribution in [2.45, 2.75) is 19.9 Å². The van der Waals surface area contributed by atoms with E-state index < -0.39 is 0 Å². The molecule has 1 amide bonds. The van der Waals surface area contributed by atoms with E-state index in [1.807, 2.05) is 53.9 Å². The lowest BCUT2D eigenvalue weighted by molar-refractivity contribution is 0.0951. The first-order valence-corrected chi connectivity index (χ1v) is 10.8. The van der Waals surface area contributed by atoms with Gasteiger partial charge in [0, 0.05) is 24.3 Å². The van der Waals surface area contributed by atoms with Gasteiger partial charge >= 0.3 is 0 Å². The van der Waals surface area contributed by atoms with E-state index in [0.29, 0.717) is 18.1 Å². The van der Waals surface area contributed by atoms with E-state index in [-0.39, 0.29) is 5.91 Å². The maximum Gasteiger partial charge on any atom is 0.251 e. The van der Waals surface area contributed by atoms with Crippen LogP contribution in [0, 0.1) is 0 Å². The Morgan fingerprint density at radius 2 is 1.80 bits per heavy atom. The Morgan fingerprint density at radius 1 is 1.00 bits per heavy atom. The Morgan fingerprint density at radius 3 is 2.57 bits per heavy atom. The van der Waals surface area contributed by atoms with Gasteiger partial charge in [0.05, 0.1) is 10.2 Å². The van der Waals surface area contributed by atoms with Crippen LogP contribution in [-0.2, 0) is 6.54 Å². The summed E-state index contributed by atoms with van der Waals surface area (Å²) in [5, 5.41) is 11.6. The van der Waals surface area contributed by atoms with Gasteiger partial charge in [0.1, 0.15) is 5.82 Å². The summed E-state index contributed by atoms with van der Waals surface area (Å²) in [6.45, 7) is 3.48. The molecule has 4 rings (SSSR count). The predicted molar refractivity (Wildman–Crippen MR) is 124 cm³/mol. The summed E-state index contributed by atoms with van der Waals surface area (Å²) < 4.78 is 1.06. The van der Waals surface area contributed by atoms with Crippen LogP contribution in [0.1, 0.15) is 29.3 Å². The van der Waals surface area contributed by atoms with E-state index in [1.54, 1.807) is 23.5 Å². The minimum absolute atomic E-state index is 0.104. The highest BCUT2D eigenvalue weighted by molar-refractivity contribution is 7.17. The van der Waals surface area contributed by atoms with Crippen LogP contribution < -0.4 is 16.0 Å². The Hall–Kier alpha value is -3.45. The number of hydrogen-bond donors (Lipinski definition) is 3. The number of rotatable bonds is 8. The molecular weight excluding hydrogens is 394 g/mol. The lowest BCUT2D eigenvalue weighted by Gasteiger charge is -2.10. The van der Waals surface area contributed by atoms with Gasteiger partial charge in [0.15, 0.2) is 0 Å². The summed E-state index contributed by atoms with van der Waals surface area (Å²) in [6.07, 6.45) is 1.02. The molecule has 0 aliphatic carbocycles. The molecule has 7 heteroatoms. The molecular formula is C23H23N5OS. The molecule has 0 atom stereocenters. The SMILES string of the molecule is CCCNc1nc(Nc2ccc(C(=O)NCc3ccccc3)cc2)nc2ccsc12. The van der Waals surface area contributed by atoms with Gasteiger partial charge in [-0.05, 0) is 47.7 Å². The molecule has 0 saturated carbocycles. The minimum atomic E-state index is -0.104. The second-order valence-electron chi connectivity index (χ2n) is 6.83. The molecule has 0 spiro atoms. The average molecular weight is 418 g/mol. The molecule has 2 heterocycles. The van der Waals surface area contributed by atoms with Crippen LogP contribution in [0.25, 0.3) is 10.2 Å². The number of amides is 1. The summed E-state index contributed by atoms with van der Waals surface area (Å²) in [6, 6.07) is 19.1. The standard InChI is InChI=1S/C23H23N5OS/c1-2-13-24-21-20-19(12-14-30-20)27-23(28-21)26-18-10-8-17(9-11-18)22(29)25-15-16-6-4-3-5-7-16/h3-12,14H,2,13,15H2,1H3,(H,25,29)(H2,24,26,27,28). The number of nitrogens with zero attached hydrogens (tertiary/aromatic N) is 2. The molecule has 6 nitrogen and oxygen atoms in total. The lowest BCUT2D eigenvalue weighted by Crippen LogP contribution is -2.22. The Labute approximate surface area is 179 Å². The van der Waals surface area contributed by atoms with Crippen molar-refractivity contribution in [1.29, 1.82) is 0 Å². The zero-order chi connectivity index (χ0) is 20.8. The smallest absolute Gasteiger partial charge is 0.251 e. The highest BCUT2D eigenvalue weighted by atomic mass is 32.1. The molecule has 4 aromatic rings. The maximum absolute atomic E-state index is 12.4. The minimum Gasteiger partial charge on any atom is -0.369 e. The van der Waals surface area contributed by atoms with Gasteiger partial charge in [-0.15, -0.1) is 11.3 Å². The number of hydrogen-bond acceptors (Lipinski definition) is 6. The van der Waals surface area contributed by atoms with E-state index in [2.05, 4.69) is 32.8 Å². The number of benzene rings is 2. The van der Waals surface area contributed by atoms with Gasteiger partial charge in [-0.3, -0.25) is 4.79 Å². The molecule has 0 bridgehead atoms. The largest absolute Gasteiger partial charge is 0.369 e. The quantitative estimate of drug-likeness (QED) is 0.368. The average Bonchev–Trinajstić information content (AvgIpc) is 3.26. The number of thiophene rings is 1. The second-order valence-corrected chi connectivity index (χ2v) is 7.74. The first kappa shape index (κ1) is 19.8. The van der Waals surface area contributed by atoms with E-state index in [9.17, 15) is 4.79 Å². The number of anilines is 3. The summed E-state index contributed by atoms with van der Waals surface area (Å²) in [7, 11) is 0. The molecule has 152 valence electrons. The van der Waals surface area contributed by atoms with Gasteiger partial charge in [-0.25, -0.2) is 4.98 Å². The summed E-state index contributed by atoms with van der Waals surface area (Å²) in [5.74, 6) is 1.27. The molecule has 0 aliphatic heterocycles. The molecule has 0 radical (unpaired) electrons.